The van der Waals surface area contributed by atoms with Gasteiger partial charge in [0, 0.05) is 48.9 Å². The summed E-state index contributed by atoms with van der Waals surface area (Å²) in [4.78, 5) is 13.5. The maximum atomic E-state index is 13.9. The van der Waals surface area contributed by atoms with Crippen LogP contribution in [0.15, 0.2) is 54.6 Å². The molecule has 37 heavy (non-hydrogen) atoms. The number of ether oxygens (including phenoxy) is 2. The number of hydrogen-bond acceptors (Lipinski definition) is 5. The second-order valence-electron chi connectivity index (χ2n) is 7.77. The quantitative estimate of drug-likeness (QED) is 0.320. The van der Waals surface area contributed by atoms with Crippen LogP contribution in [0.4, 0.5) is 41.2 Å². The van der Waals surface area contributed by atoms with Crippen molar-refractivity contribution in [3.63, 3.8) is 0 Å². The summed E-state index contributed by atoms with van der Waals surface area (Å²) in [6.07, 6.45) is -7.78. The fourth-order valence-corrected chi connectivity index (χ4v) is 3.31. The Balaban J connectivity index is 2.12. The van der Waals surface area contributed by atoms with Crippen LogP contribution >= 0.6 is 0 Å². The van der Waals surface area contributed by atoms with Gasteiger partial charge in [-0.2, -0.15) is 26.3 Å². The predicted molar refractivity (Wildman–Crippen MR) is 120 cm³/mol. The highest BCUT2D eigenvalue weighted by atomic mass is 19.4. The molecule has 0 atom stereocenters. The van der Waals surface area contributed by atoms with Crippen LogP contribution in [-0.4, -0.2) is 26.0 Å². The molecule has 2 aromatic carbocycles. The molecule has 0 unspecified atom stereocenters. The van der Waals surface area contributed by atoms with Crippen LogP contribution < -0.4 is 15.0 Å². The van der Waals surface area contributed by atoms with E-state index in [1.807, 2.05) is 0 Å². The molecule has 3 rings (SSSR count). The highest BCUT2D eigenvalue weighted by molar-refractivity contribution is 6.10. The Kier molecular flexibility index (Phi) is 8.14. The van der Waals surface area contributed by atoms with Gasteiger partial charge >= 0.3 is 18.4 Å². The third kappa shape index (κ3) is 6.80. The predicted octanol–water partition coefficient (Wildman–Crippen LogP) is 6.73. The van der Waals surface area contributed by atoms with E-state index in [1.54, 1.807) is 0 Å². The largest absolute Gasteiger partial charge is 0.496 e. The average molecular weight is 531 g/mol. The molecule has 2 aromatic rings. The topological polar surface area (TPSA) is 74.7 Å². The maximum absolute atomic E-state index is 13.9. The number of nitrogens with one attached hydrogen (secondary N) is 2. The minimum Gasteiger partial charge on any atom is -0.496 e. The summed E-state index contributed by atoms with van der Waals surface area (Å²) in [7, 11) is 1.12. The number of amides is 1. The summed E-state index contributed by atoms with van der Waals surface area (Å²) < 4.78 is 106. The van der Waals surface area contributed by atoms with E-state index >= 15 is 0 Å². The summed E-state index contributed by atoms with van der Waals surface area (Å²) in [5.41, 5.74) is -4.74. The second kappa shape index (κ2) is 10.9. The van der Waals surface area contributed by atoms with Gasteiger partial charge in [-0.05, 0) is 42.8 Å². The molecule has 13 heteroatoms. The van der Waals surface area contributed by atoms with Gasteiger partial charge in [-0.25, -0.2) is 9.18 Å². The number of alkyl halides is 6. The minimum atomic E-state index is -5.36. The number of hydrogen-bond donors (Lipinski definition) is 2. The van der Waals surface area contributed by atoms with Gasteiger partial charge < -0.3 is 20.2 Å². The lowest BCUT2D eigenvalue weighted by atomic mass is 9.98. The Hall–Kier alpha value is -4.03. The number of allylic oxidation sites excluding steroid dienone is 2. The molecule has 0 aliphatic carbocycles. The van der Waals surface area contributed by atoms with Gasteiger partial charge in [-0.1, -0.05) is 0 Å². The molecule has 0 aromatic heterocycles. The van der Waals surface area contributed by atoms with E-state index < -0.39 is 52.3 Å². The fraction of sp³-hybridized carbons (Fsp3) is 0.250. The Morgan fingerprint density at radius 3 is 2.32 bits per heavy atom. The smallest absolute Gasteiger partial charge is 0.420 e. The molecular weight excluding hydrogens is 511 g/mol. The number of carbonyl (C=O) groups excluding carboxylic acids is 1. The number of nitrogens with zero attached hydrogens (tertiary/aromatic N) is 1. The summed E-state index contributed by atoms with van der Waals surface area (Å²) in [6, 6.07) is 4.48. The van der Waals surface area contributed by atoms with E-state index in [1.165, 1.54) is 6.20 Å². The van der Waals surface area contributed by atoms with Crippen LogP contribution in [0.5, 0.6) is 5.75 Å². The molecule has 0 spiro atoms. The molecule has 1 amide bonds. The van der Waals surface area contributed by atoms with Crippen molar-refractivity contribution in [2.45, 2.75) is 25.2 Å². The maximum Gasteiger partial charge on any atom is 0.420 e. The first-order valence-electron chi connectivity index (χ1n) is 10.6. The van der Waals surface area contributed by atoms with Gasteiger partial charge in [0.25, 0.3) is 0 Å². The second-order valence-corrected chi connectivity index (χ2v) is 7.77. The number of anilines is 1. The summed E-state index contributed by atoms with van der Waals surface area (Å²) in [5, 5.41) is 10.2. The van der Waals surface area contributed by atoms with Crippen molar-refractivity contribution in [2.75, 3.05) is 18.6 Å². The van der Waals surface area contributed by atoms with Crippen molar-refractivity contribution in [3.8, 4) is 5.75 Å². The molecule has 1 fully saturated rings. The van der Waals surface area contributed by atoms with Gasteiger partial charge in [0.15, 0.2) is 5.75 Å². The van der Waals surface area contributed by atoms with Gasteiger partial charge in [0.1, 0.15) is 11.6 Å². The van der Waals surface area contributed by atoms with Crippen LogP contribution in [0.25, 0.3) is 5.57 Å². The molecule has 1 aliphatic rings. The molecule has 1 saturated heterocycles. The number of rotatable bonds is 6. The summed E-state index contributed by atoms with van der Waals surface area (Å²) in [6.45, 7) is 0.457. The van der Waals surface area contributed by atoms with Crippen molar-refractivity contribution >= 4 is 23.6 Å². The SMILES string of the molecule is CN(C(=O)Oc1c(/C(C=N)=C/N/C=C2\CCCO2)cc(C(F)(F)F)cc1C(F)(F)F)c1ccc(F)cc1. The lowest BCUT2D eigenvalue weighted by molar-refractivity contribution is -0.143. The minimum absolute atomic E-state index is 0.0427. The molecule has 198 valence electrons. The molecular formula is C24H20F7N3O3. The Bertz CT molecular complexity index is 1210. The standard InChI is InChI=1S/C24H20F7N3O3/c1-34(17-6-4-16(25)5-7-17)22(35)37-21-19(14(11-32)12-33-13-18-3-2-8-36-18)9-15(23(26,27)28)10-20(21)24(29,30)31/h4-7,9-13,32-33H,2-3,8H2,1H3/b14-12+,18-13+,32-11?. The first-order chi connectivity index (χ1) is 17.3. The van der Waals surface area contributed by atoms with Crippen LogP contribution in [0.2, 0.25) is 0 Å². The number of benzene rings is 2. The summed E-state index contributed by atoms with van der Waals surface area (Å²) >= 11 is 0. The monoisotopic (exact) mass is 531 g/mol. The van der Waals surface area contributed by atoms with E-state index in [4.69, 9.17) is 14.9 Å². The molecule has 0 bridgehead atoms. The Labute approximate surface area is 206 Å². The normalized spacial score (nSPS) is 15.4. The molecule has 6 nitrogen and oxygen atoms in total. The molecule has 1 aliphatic heterocycles. The van der Waals surface area contributed by atoms with Crippen molar-refractivity contribution in [2.24, 2.45) is 0 Å². The van der Waals surface area contributed by atoms with Crippen LogP contribution in [0.3, 0.4) is 0 Å². The average Bonchev–Trinajstić information content (AvgIpc) is 3.34. The zero-order valence-corrected chi connectivity index (χ0v) is 19.1. The molecule has 2 N–H and O–H groups in total. The van der Waals surface area contributed by atoms with Crippen LogP contribution in [-0.2, 0) is 17.1 Å². The van der Waals surface area contributed by atoms with E-state index in [9.17, 15) is 35.5 Å². The van der Waals surface area contributed by atoms with Crippen molar-refractivity contribution in [1.82, 2.24) is 5.32 Å². The fourth-order valence-electron chi connectivity index (χ4n) is 3.31. The zero-order valence-electron chi connectivity index (χ0n) is 19.1. The van der Waals surface area contributed by atoms with Crippen molar-refractivity contribution < 1.29 is 45.0 Å². The lowest BCUT2D eigenvalue weighted by Gasteiger charge is -2.22. The lowest BCUT2D eigenvalue weighted by Crippen LogP contribution is -2.30. The number of halogens is 7. The number of carbonyl (C=O) groups is 1. The van der Waals surface area contributed by atoms with Crippen molar-refractivity contribution in [1.29, 1.82) is 5.41 Å². The zero-order chi connectivity index (χ0) is 27.4. The van der Waals surface area contributed by atoms with Gasteiger partial charge in [-0.3, -0.25) is 4.90 Å². The highest BCUT2D eigenvalue weighted by Crippen LogP contribution is 2.44. The van der Waals surface area contributed by atoms with E-state index in [0.717, 1.165) is 48.8 Å². The Morgan fingerprint density at radius 1 is 1.11 bits per heavy atom. The third-order valence-electron chi connectivity index (χ3n) is 5.20. The summed E-state index contributed by atoms with van der Waals surface area (Å²) in [5.74, 6) is -1.37. The first kappa shape index (κ1) is 27.6. The Morgan fingerprint density at radius 2 is 1.78 bits per heavy atom. The molecule has 0 radical (unpaired) electrons. The van der Waals surface area contributed by atoms with E-state index in [-0.39, 0.29) is 11.8 Å². The van der Waals surface area contributed by atoms with Crippen LogP contribution in [0, 0.1) is 11.2 Å². The van der Waals surface area contributed by atoms with Crippen LogP contribution in [0.1, 0.15) is 29.5 Å². The van der Waals surface area contributed by atoms with Gasteiger partial charge in [-0.15, -0.1) is 0 Å². The van der Waals surface area contributed by atoms with E-state index in [2.05, 4.69) is 5.32 Å². The molecule has 0 saturated carbocycles. The van der Waals surface area contributed by atoms with E-state index in [0.29, 0.717) is 31.1 Å². The van der Waals surface area contributed by atoms with Gasteiger partial charge in [0.2, 0.25) is 0 Å². The van der Waals surface area contributed by atoms with Crippen molar-refractivity contribution in [3.05, 3.63) is 77.1 Å². The highest BCUT2D eigenvalue weighted by Gasteiger charge is 2.41. The van der Waals surface area contributed by atoms with Gasteiger partial charge in [0.05, 0.1) is 17.7 Å². The third-order valence-corrected chi connectivity index (χ3v) is 5.20. The first-order valence-corrected chi connectivity index (χ1v) is 10.6. The molecule has 1 heterocycles.